The summed E-state index contributed by atoms with van der Waals surface area (Å²) in [6.45, 7) is 0.134. The van der Waals surface area contributed by atoms with Gasteiger partial charge < -0.3 is 9.72 Å². The van der Waals surface area contributed by atoms with Crippen LogP contribution in [0, 0.1) is 5.82 Å². The zero-order valence-electron chi connectivity index (χ0n) is 11.2. The molecule has 1 aromatic heterocycles. The second kappa shape index (κ2) is 5.36. The van der Waals surface area contributed by atoms with Crippen LogP contribution in [0.5, 0.6) is 5.75 Å². The second-order valence-corrected chi connectivity index (χ2v) is 4.79. The first kappa shape index (κ1) is 14.4. The monoisotopic (exact) mass is 309 g/mol. The Hall–Kier alpha value is -2.50. The van der Waals surface area contributed by atoms with E-state index in [4.69, 9.17) is 4.74 Å². The quantitative estimate of drug-likeness (QED) is 0.684. The van der Waals surface area contributed by atoms with Crippen molar-refractivity contribution >= 4 is 10.9 Å². The molecule has 0 fully saturated rings. The van der Waals surface area contributed by atoms with Gasteiger partial charge in [-0.1, -0.05) is 12.1 Å². The SMILES string of the molecule is Fc1cccc2c(COc3ccc(C(F)(F)F)cc3)c[nH]c12. The fourth-order valence-corrected chi connectivity index (χ4v) is 2.20. The van der Waals surface area contributed by atoms with Crippen LogP contribution in [0.15, 0.2) is 48.7 Å². The van der Waals surface area contributed by atoms with Crippen molar-refractivity contribution in [3.05, 3.63) is 65.6 Å². The molecule has 0 aliphatic rings. The number of benzene rings is 2. The minimum atomic E-state index is -4.37. The van der Waals surface area contributed by atoms with Crippen LogP contribution in [0.25, 0.3) is 10.9 Å². The number of alkyl halides is 3. The van der Waals surface area contributed by atoms with Crippen molar-refractivity contribution in [3.63, 3.8) is 0 Å². The van der Waals surface area contributed by atoms with E-state index in [0.29, 0.717) is 16.7 Å². The van der Waals surface area contributed by atoms with Gasteiger partial charge in [0.15, 0.2) is 0 Å². The molecular formula is C16H11F4NO. The van der Waals surface area contributed by atoms with E-state index in [0.717, 1.165) is 17.7 Å². The number of ether oxygens (including phenoxy) is 1. The molecule has 0 atom stereocenters. The number of H-pyrrole nitrogens is 1. The average molecular weight is 309 g/mol. The molecule has 0 radical (unpaired) electrons. The van der Waals surface area contributed by atoms with E-state index >= 15 is 0 Å². The molecule has 0 aliphatic carbocycles. The maximum absolute atomic E-state index is 13.5. The Labute approximate surface area is 123 Å². The zero-order chi connectivity index (χ0) is 15.7. The van der Waals surface area contributed by atoms with Crippen molar-refractivity contribution < 1.29 is 22.3 Å². The topological polar surface area (TPSA) is 25.0 Å². The van der Waals surface area contributed by atoms with Gasteiger partial charge >= 0.3 is 6.18 Å². The van der Waals surface area contributed by atoms with Crippen LogP contribution >= 0.6 is 0 Å². The molecule has 114 valence electrons. The van der Waals surface area contributed by atoms with Gasteiger partial charge in [-0.3, -0.25) is 0 Å². The Morgan fingerprint density at radius 3 is 2.41 bits per heavy atom. The molecule has 0 bridgehead atoms. The maximum Gasteiger partial charge on any atom is 0.416 e. The highest BCUT2D eigenvalue weighted by atomic mass is 19.4. The summed E-state index contributed by atoms with van der Waals surface area (Å²) < 4.78 is 56.4. The van der Waals surface area contributed by atoms with Crippen molar-refractivity contribution in [2.45, 2.75) is 12.8 Å². The molecule has 0 aliphatic heterocycles. The number of hydrogen-bond acceptors (Lipinski definition) is 1. The summed E-state index contributed by atoms with van der Waals surface area (Å²) in [5.41, 5.74) is 0.386. The lowest BCUT2D eigenvalue weighted by atomic mass is 10.2. The minimum Gasteiger partial charge on any atom is -0.489 e. The van der Waals surface area contributed by atoms with Crippen LogP contribution < -0.4 is 4.74 Å². The first-order chi connectivity index (χ1) is 10.4. The molecule has 3 aromatic rings. The van der Waals surface area contributed by atoms with Crippen LogP contribution in [0.1, 0.15) is 11.1 Å². The van der Waals surface area contributed by atoms with E-state index in [-0.39, 0.29) is 12.4 Å². The molecule has 0 amide bonds. The number of aromatic nitrogens is 1. The third-order valence-electron chi connectivity index (χ3n) is 3.33. The van der Waals surface area contributed by atoms with Crippen molar-refractivity contribution in [2.24, 2.45) is 0 Å². The van der Waals surface area contributed by atoms with Gasteiger partial charge in [0, 0.05) is 17.1 Å². The summed E-state index contributed by atoms with van der Waals surface area (Å²) in [4.78, 5) is 2.82. The number of rotatable bonds is 3. The predicted octanol–water partition coefficient (Wildman–Crippen LogP) is 4.90. The molecule has 1 heterocycles. The third-order valence-corrected chi connectivity index (χ3v) is 3.33. The first-order valence-electron chi connectivity index (χ1n) is 6.50. The average Bonchev–Trinajstić information content (AvgIpc) is 2.89. The largest absolute Gasteiger partial charge is 0.489 e. The van der Waals surface area contributed by atoms with Crippen LogP contribution in [0.3, 0.4) is 0 Å². The minimum absolute atomic E-state index is 0.134. The van der Waals surface area contributed by atoms with Crippen molar-refractivity contribution in [1.82, 2.24) is 4.98 Å². The Balaban J connectivity index is 1.75. The highest BCUT2D eigenvalue weighted by molar-refractivity contribution is 5.83. The van der Waals surface area contributed by atoms with E-state index < -0.39 is 11.7 Å². The number of nitrogens with one attached hydrogen (secondary N) is 1. The van der Waals surface area contributed by atoms with E-state index in [9.17, 15) is 17.6 Å². The Kier molecular flexibility index (Phi) is 3.52. The van der Waals surface area contributed by atoms with Crippen molar-refractivity contribution in [1.29, 1.82) is 0 Å². The second-order valence-electron chi connectivity index (χ2n) is 4.79. The summed E-state index contributed by atoms with van der Waals surface area (Å²) in [6.07, 6.45) is -2.75. The molecule has 2 nitrogen and oxygen atoms in total. The number of para-hydroxylation sites is 1. The van der Waals surface area contributed by atoms with Crippen molar-refractivity contribution in [2.75, 3.05) is 0 Å². The highest BCUT2D eigenvalue weighted by Crippen LogP contribution is 2.30. The molecule has 1 N–H and O–H groups in total. The summed E-state index contributed by atoms with van der Waals surface area (Å²) in [7, 11) is 0. The molecular weight excluding hydrogens is 298 g/mol. The fourth-order valence-electron chi connectivity index (χ4n) is 2.20. The fraction of sp³-hybridized carbons (Fsp3) is 0.125. The van der Waals surface area contributed by atoms with Crippen LogP contribution in [0.4, 0.5) is 17.6 Å². The molecule has 0 saturated carbocycles. The van der Waals surface area contributed by atoms with Gasteiger partial charge in [-0.25, -0.2) is 4.39 Å². The summed E-state index contributed by atoms with van der Waals surface area (Å²) >= 11 is 0. The maximum atomic E-state index is 13.5. The number of halogens is 4. The van der Waals surface area contributed by atoms with Gasteiger partial charge in [0.05, 0.1) is 11.1 Å². The summed E-state index contributed by atoms with van der Waals surface area (Å²) in [5.74, 6) is -0.0444. The summed E-state index contributed by atoms with van der Waals surface area (Å²) in [6, 6.07) is 9.14. The normalized spacial score (nSPS) is 11.8. The van der Waals surface area contributed by atoms with E-state index in [1.807, 2.05) is 0 Å². The molecule has 0 saturated heterocycles. The van der Waals surface area contributed by atoms with Crippen LogP contribution in [-0.4, -0.2) is 4.98 Å². The molecule has 3 rings (SSSR count). The Bertz CT molecular complexity index is 790. The molecule has 6 heteroatoms. The van der Waals surface area contributed by atoms with Gasteiger partial charge in [-0.05, 0) is 30.3 Å². The van der Waals surface area contributed by atoms with Gasteiger partial charge in [0.1, 0.15) is 18.2 Å². The lowest BCUT2D eigenvalue weighted by Gasteiger charge is -2.09. The van der Waals surface area contributed by atoms with Gasteiger partial charge in [0.2, 0.25) is 0 Å². The Morgan fingerprint density at radius 2 is 1.73 bits per heavy atom. The van der Waals surface area contributed by atoms with Crippen molar-refractivity contribution in [3.8, 4) is 5.75 Å². The smallest absolute Gasteiger partial charge is 0.416 e. The van der Waals surface area contributed by atoms with Crippen LogP contribution in [-0.2, 0) is 12.8 Å². The van der Waals surface area contributed by atoms with Gasteiger partial charge in [-0.2, -0.15) is 13.2 Å². The van der Waals surface area contributed by atoms with Crippen LogP contribution in [0.2, 0.25) is 0 Å². The number of hydrogen-bond donors (Lipinski definition) is 1. The molecule has 22 heavy (non-hydrogen) atoms. The van der Waals surface area contributed by atoms with Gasteiger partial charge in [0.25, 0.3) is 0 Å². The van der Waals surface area contributed by atoms with E-state index in [1.165, 1.54) is 18.2 Å². The zero-order valence-corrected chi connectivity index (χ0v) is 11.2. The third kappa shape index (κ3) is 2.77. The van der Waals surface area contributed by atoms with E-state index in [2.05, 4.69) is 4.98 Å². The number of fused-ring (bicyclic) bond motifs is 1. The molecule has 0 spiro atoms. The van der Waals surface area contributed by atoms with E-state index in [1.54, 1.807) is 18.3 Å². The Morgan fingerprint density at radius 1 is 1.00 bits per heavy atom. The molecule has 2 aromatic carbocycles. The summed E-state index contributed by atoms with van der Waals surface area (Å²) in [5, 5.41) is 0.687. The predicted molar refractivity (Wildman–Crippen MR) is 74.0 cm³/mol. The number of aromatic amines is 1. The highest BCUT2D eigenvalue weighted by Gasteiger charge is 2.30. The molecule has 0 unspecified atom stereocenters. The standard InChI is InChI=1S/C16H11F4NO/c17-14-3-1-2-13-10(8-21-15(13)14)9-22-12-6-4-11(5-7-12)16(18,19)20/h1-8,21H,9H2. The lowest BCUT2D eigenvalue weighted by Crippen LogP contribution is -2.04. The van der Waals surface area contributed by atoms with Gasteiger partial charge in [-0.15, -0.1) is 0 Å². The lowest BCUT2D eigenvalue weighted by molar-refractivity contribution is -0.137. The first-order valence-corrected chi connectivity index (χ1v) is 6.50.